The van der Waals surface area contributed by atoms with Crippen LogP contribution in [-0.2, 0) is 20.2 Å². The molecule has 30 heavy (non-hydrogen) atoms. The second-order valence-corrected chi connectivity index (χ2v) is 10.4. The Morgan fingerprint density at radius 2 is 1.00 bits per heavy atom. The fourth-order valence-electron chi connectivity index (χ4n) is 3.48. The van der Waals surface area contributed by atoms with E-state index in [0.717, 1.165) is 12.1 Å². The lowest BCUT2D eigenvalue weighted by Crippen LogP contribution is -2.12. The van der Waals surface area contributed by atoms with Crippen molar-refractivity contribution >= 4 is 42.8 Å². The van der Waals surface area contributed by atoms with E-state index in [1.807, 2.05) is 27.7 Å². The molecule has 164 valence electrons. The Labute approximate surface area is 177 Å². The number of anilines is 2. The molecule has 0 heterocycles. The highest BCUT2D eigenvalue weighted by Crippen LogP contribution is 2.41. The van der Waals surface area contributed by atoms with E-state index >= 15 is 0 Å². The maximum atomic E-state index is 12.1. The predicted octanol–water partition coefficient (Wildman–Crippen LogP) is 3.57. The Morgan fingerprint density at radius 1 is 0.700 bits per heavy atom. The van der Waals surface area contributed by atoms with Crippen molar-refractivity contribution in [3.8, 4) is 0 Å². The van der Waals surface area contributed by atoms with Gasteiger partial charge in [-0.2, -0.15) is 16.8 Å². The van der Waals surface area contributed by atoms with E-state index in [9.17, 15) is 25.9 Å². The van der Waals surface area contributed by atoms with Gasteiger partial charge in [-0.3, -0.25) is 9.11 Å². The highest BCUT2D eigenvalue weighted by molar-refractivity contribution is 7.86. The van der Waals surface area contributed by atoms with E-state index < -0.39 is 20.2 Å². The monoisotopic (exact) mass is 454 g/mol. The maximum Gasteiger partial charge on any atom is 0.295 e. The summed E-state index contributed by atoms with van der Waals surface area (Å²) >= 11 is 0. The number of rotatable bonds is 6. The van der Waals surface area contributed by atoms with Crippen LogP contribution in [0.2, 0.25) is 0 Å². The summed E-state index contributed by atoms with van der Waals surface area (Å²) in [6.07, 6.45) is 0. The molecule has 0 amide bonds. The number of nitrogen functional groups attached to an aromatic ring is 2. The van der Waals surface area contributed by atoms with Crippen molar-refractivity contribution < 1.29 is 25.9 Å². The first-order valence-corrected chi connectivity index (χ1v) is 12.0. The highest BCUT2D eigenvalue weighted by Gasteiger charge is 2.27. The van der Waals surface area contributed by atoms with Crippen molar-refractivity contribution in [1.29, 1.82) is 0 Å². The fourth-order valence-corrected chi connectivity index (χ4v) is 4.97. The van der Waals surface area contributed by atoms with Crippen LogP contribution in [0.5, 0.6) is 0 Å². The Bertz CT molecular complexity index is 1120. The Hall–Kier alpha value is -2.40. The zero-order valence-corrected chi connectivity index (χ0v) is 18.8. The van der Waals surface area contributed by atoms with E-state index in [4.69, 9.17) is 11.5 Å². The fraction of sp³-hybridized carbons (Fsp3) is 0.300. The summed E-state index contributed by atoms with van der Waals surface area (Å²) in [6.45, 7) is 7.25. The van der Waals surface area contributed by atoms with Gasteiger partial charge < -0.3 is 11.5 Å². The maximum absolute atomic E-state index is 12.1. The number of allylic oxidation sites excluding steroid dienone is 2. The minimum absolute atomic E-state index is 0.145. The van der Waals surface area contributed by atoms with Gasteiger partial charge in [-0.05, 0) is 58.4 Å². The van der Waals surface area contributed by atoms with Crippen LogP contribution in [0.15, 0.2) is 46.2 Å². The van der Waals surface area contributed by atoms with E-state index in [1.165, 1.54) is 24.3 Å². The molecule has 0 fully saturated rings. The molecule has 0 bridgehead atoms. The van der Waals surface area contributed by atoms with Gasteiger partial charge in [0.25, 0.3) is 20.2 Å². The van der Waals surface area contributed by atoms with Gasteiger partial charge in [-0.15, -0.1) is 0 Å². The molecule has 0 unspecified atom stereocenters. The van der Waals surface area contributed by atoms with Crippen molar-refractivity contribution in [1.82, 2.24) is 0 Å². The Balaban J connectivity index is 3.10. The molecule has 0 radical (unpaired) electrons. The first kappa shape index (κ1) is 23.9. The molecule has 0 aliphatic heterocycles. The van der Waals surface area contributed by atoms with Crippen LogP contribution in [0.4, 0.5) is 11.4 Å². The Kier molecular flexibility index (Phi) is 6.67. The van der Waals surface area contributed by atoms with Crippen molar-refractivity contribution in [2.75, 3.05) is 11.5 Å². The number of hydrogen-bond acceptors (Lipinski definition) is 6. The van der Waals surface area contributed by atoms with Gasteiger partial charge in [-0.25, -0.2) is 0 Å². The van der Waals surface area contributed by atoms with Crippen LogP contribution in [0.1, 0.15) is 38.8 Å². The third-order valence-electron chi connectivity index (χ3n) is 4.59. The third-order valence-corrected chi connectivity index (χ3v) is 6.38. The van der Waals surface area contributed by atoms with Gasteiger partial charge in [0.1, 0.15) is 9.79 Å². The summed E-state index contributed by atoms with van der Waals surface area (Å²) in [5.74, 6) is -0.559. The van der Waals surface area contributed by atoms with Crippen LogP contribution in [-0.4, -0.2) is 25.9 Å². The summed E-state index contributed by atoms with van der Waals surface area (Å²) in [7, 11) is -9.25. The first-order valence-electron chi connectivity index (χ1n) is 9.13. The summed E-state index contributed by atoms with van der Waals surface area (Å²) in [6, 6.07) is 8.24. The quantitative estimate of drug-likeness (QED) is 0.293. The molecule has 0 saturated heterocycles. The van der Waals surface area contributed by atoms with Crippen molar-refractivity contribution in [3.63, 3.8) is 0 Å². The molecule has 2 aromatic rings. The molecule has 2 aromatic carbocycles. The van der Waals surface area contributed by atoms with E-state index in [0.29, 0.717) is 11.1 Å². The molecule has 0 saturated carbocycles. The smallest absolute Gasteiger partial charge is 0.295 e. The lowest BCUT2D eigenvalue weighted by Gasteiger charge is -2.25. The number of nitrogens with two attached hydrogens (primary N) is 2. The van der Waals surface area contributed by atoms with Gasteiger partial charge in [0, 0.05) is 11.4 Å². The SMILES string of the molecule is CC(C)/C(=C(\c1ccc(N)cc1S(=O)(=O)O)C(C)C)c1ccc(N)cc1S(=O)(=O)O. The molecule has 0 spiro atoms. The molecule has 0 atom stereocenters. The third kappa shape index (κ3) is 5.01. The second kappa shape index (κ2) is 8.38. The minimum atomic E-state index is -4.62. The molecular formula is C20H26N2O6S2. The summed E-state index contributed by atoms with van der Waals surface area (Å²) in [4.78, 5) is -0.763. The van der Waals surface area contributed by atoms with E-state index in [-0.39, 0.29) is 44.1 Å². The predicted molar refractivity (Wildman–Crippen MR) is 118 cm³/mol. The standard InChI is InChI=1S/C20H26N2O6S2/c1-11(2)19(15-7-5-13(21)9-17(15)29(23,24)25)20(12(3)4)16-8-6-14(22)10-18(16)30(26,27)28/h5-12H,21-22H2,1-4H3,(H,23,24,25)(H,26,27,28)/b20-19+. The molecule has 6 N–H and O–H groups in total. The average molecular weight is 455 g/mol. The normalized spacial score (nSPS) is 13.6. The van der Waals surface area contributed by atoms with Crippen LogP contribution >= 0.6 is 0 Å². The van der Waals surface area contributed by atoms with Crippen molar-refractivity contribution in [3.05, 3.63) is 47.5 Å². The second-order valence-electron chi connectivity index (χ2n) is 7.60. The highest BCUT2D eigenvalue weighted by atomic mass is 32.2. The molecule has 10 heteroatoms. The summed E-state index contributed by atoms with van der Waals surface area (Å²) < 4.78 is 67.8. The molecule has 8 nitrogen and oxygen atoms in total. The number of hydrogen-bond donors (Lipinski definition) is 4. The molecule has 0 aliphatic carbocycles. The van der Waals surface area contributed by atoms with Crippen molar-refractivity contribution in [2.24, 2.45) is 11.8 Å². The van der Waals surface area contributed by atoms with Crippen LogP contribution in [0.3, 0.4) is 0 Å². The van der Waals surface area contributed by atoms with Gasteiger partial charge in [-0.1, -0.05) is 39.8 Å². The largest absolute Gasteiger partial charge is 0.399 e. The van der Waals surface area contributed by atoms with Gasteiger partial charge >= 0.3 is 0 Å². The minimum Gasteiger partial charge on any atom is -0.399 e. The molecule has 2 rings (SSSR count). The Morgan fingerprint density at radius 3 is 1.23 bits per heavy atom. The zero-order valence-electron chi connectivity index (χ0n) is 17.1. The van der Waals surface area contributed by atoms with Crippen LogP contribution in [0, 0.1) is 11.8 Å². The lowest BCUT2D eigenvalue weighted by atomic mass is 9.82. The van der Waals surface area contributed by atoms with Crippen LogP contribution in [0.25, 0.3) is 11.1 Å². The molecule has 0 aliphatic rings. The van der Waals surface area contributed by atoms with E-state index in [2.05, 4.69) is 0 Å². The number of benzene rings is 2. The topological polar surface area (TPSA) is 161 Å². The van der Waals surface area contributed by atoms with Gasteiger partial charge in [0.2, 0.25) is 0 Å². The van der Waals surface area contributed by atoms with Crippen molar-refractivity contribution in [2.45, 2.75) is 37.5 Å². The summed E-state index contributed by atoms with van der Waals surface area (Å²) in [5.41, 5.74) is 13.1. The lowest BCUT2D eigenvalue weighted by molar-refractivity contribution is 0.480. The molecular weight excluding hydrogens is 428 g/mol. The van der Waals surface area contributed by atoms with Gasteiger partial charge in [0.05, 0.1) is 0 Å². The van der Waals surface area contributed by atoms with E-state index in [1.54, 1.807) is 0 Å². The zero-order chi connectivity index (χ0) is 23.0. The van der Waals surface area contributed by atoms with Gasteiger partial charge in [0.15, 0.2) is 0 Å². The average Bonchev–Trinajstić information content (AvgIpc) is 2.58. The summed E-state index contributed by atoms with van der Waals surface area (Å²) in [5, 5.41) is 0. The molecule has 0 aromatic heterocycles. The first-order chi connectivity index (χ1) is 13.6. The van der Waals surface area contributed by atoms with Crippen LogP contribution < -0.4 is 11.5 Å².